The van der Waals surface area contributed by atoms with Crippen molar-refractivity contribution in [2.45, 2.75) is 97.8 Å². The maximum Gasteiger partial charge on any atom is 0.289 e. The van der Waals surface area contributed by atoms with Gasteiger partial charge in [-0.3, -0.25) is 4.79 Å². The Morgan fingerprint density at radius 2 is 1.28 bits per heavy atom. The number of amides is 1. The third-order valence-electron chi connectivity index (χ3n) is 4.80. The van der Waals surface area contributed by atoms with Crippen molar-refractivity contribution in [1.29, 1.82) is 0 Å². The van der Waals surface area contributed by atoms with Crippen molar-refractivity contribution >= 4 is 5.91 Å². The topological polar surface area (TPSA) is 33.5 Å². The van der Waals surface area contributed by atoms with E-state index in [-0.39, 0.29) is 5.91 Å². The van der Waals surface area contributed by atoms with Crippen molar-refractivity contribution in [3.8, 4) is 0 Å². The maximum atomic E-state index is 12.7. The first-order valence-electron chi connectivity index (χ1n) is 10.5. The molecular weight excluding hydrogens is 310 g/mol. The summed E-state index contributed by atoms with van der Waals surface area (Å²) in [6, 6.07) is 3.69. The zero-order chi connectivity index (χ0) is 18.3. The van der Waals surface area contributed by atoms with Crippen LogP contribution in [0.5, 0.6) is 0 Å². The molecule has 144 valence electrons. The summed E-state index contributed by atoms with van der Waals surface area (Å²) in [5.41, 5.74) is 0. The first-order chi connectivity index (χ1) is 12.2. The number of unbranched alkanes of at least 4 members (excludes halogenated alkanes) is 10. The van der Waals surface area contributed by atoms with Gasteiger partial charge in [-0.25, -0.2) is 0 Å². The zero-order valence-corrected chi connectivity index (χ0v) is 16.8. The van der Waals surface area contributed by atoms with Gasteiger partial charge in [0, 0.05) is 13.1 Å². The van der Waals surface area contributed by atoms with Crippen LogP contribution in [0.3, 0.4) is 0 Å². The Labute approximate surface area is 155 Å². The summed E-state index contributed by atoms with van der Waals surface area (Å²) in [5.74, 6) is 1.37. The van der Waals surface area contributed by atoms with Crippen molar-refractivity contribution < 1.29 is 9.21 Å². The average Bonchev–Trinajstić information content (AvgIpc) is 3.05. The molecule has 0 radical (unpaired) electrons. The van der Waals surface area contributed by atoms with Gasteiger partial charge < -0.3 is 9.32 Å². The minimum atomic E-state index is 0.0650. The normalized spacial score (nSPS) is 11.0. The van der Waals surface area contributed by atoms with Gasteiger partial charge in [-0.2, -0.15) is 0 Å². The number of nitrogens with zero attached hydrogens (tertiary/aromatic N) is 1. The third-order valence-corrected chi connectivity index (χ3v) is 4.80. The fourth-order valence-corrected chi connectivity index (χ4v) is 3.19. The van der Waals surface area contributed by atoms with Crippen molar-refractivity contribution in [2.24, 2.45) is 0 Å². The molecule has 0 aliphatic carbocycles. The van der Waals surface area contributed by atoms with Crippen molar-refractivity contribution in [3.63, 3.8) is 0 Å². The highest BCUT2D eigenvalue weighted by Crippen LogP contribution is 2.14. The lowest BCUT2D eigenvalue weighted by molar-refractivity contribution is 0.0715. The van der Waals surface area contributed by atoms with Crippen LogP contribution in [0, 0.1) is 6.92 Å². The van der Waals surface area contributed by atoms with Gasteiger partial charge in [-0.05, 0) is 31.9 Å². The second-order valence-electron chi connectivity index (χ2n) is 7.24. The zero-order valence-electron chi connectivity index (χ0n) is 16.8. The van der Waals surface area contributed by atoms with Gasteiger partial charge in [-0.15, -0.1) is 0 Å². The first-order valence-corrected chi connectivity index (χ1v) is 10.5. The van der Waals surface area contributed by atoms with Crippen molar-refractivity contribution in [2.75, 3.05) is 13.1 Å². The lowest BCUT2D eigenvalue weighted by atomic mass is 10.1. The fourth-order valence-electron chi connectivity index (χ4n) is 3.19. The Hall–Kier alpha value is -1.25. The Morgan fingerprint density at radius 1 is 0.800 bits per heavy atom. The highest BCUT2D eigenvalue weighted by molar-refractivity contribution is 5.91. The Kier molecular flexibility index (Phi) is 12.2. The quantitative estimate of drug-likeness (QED) is 0.328. The SMILES string of the molecule is CCCCCCCCN(CCCCCCCC)C(=O)c1ccc(C)o1. The van der Waals surface area contributed by atoms with Gasteiger partial charge in [0.05, 0.1) is 0 Å². The van der Waals surface area contributed by atoms with Crippen LogP contribution < -0.4 is 0 Å². The van der Waals surface area contributed by atoms with E-state index in [1.807, 2.05) is 24.0 Å². The van der Waals surface area contributed by atoms with Gasteiger partial charge >= 0.3 is 0 Å². The van der Waals surface area contributed by atoms with Crippen LogP contribution in [0.2, 0.25) is 0 Å². The number of hydrogen-bond donors (Lipinski definition) is 0. The molecule has 0 atom stereocenters. The monoisotopic (exact) mass is 349 g/mol. The second kappa shape index (κ2) is 14.0. The van der Waals surface area contributed by atoms with E-state index in [1.165, 1.54) is 64.2 Å². The summed E-state index contributed by atoms with van der Waals surface area (Å²) < 4.78 is 5.55. The number of furan rings is 1. The van der Waals surface area contributed by atoms with Crippen molar-refractivity contribution in [1.82, 2.24) is 4.90 Å². The number of hydrogen-bond acceptors (Lipinski definition) is 2. The first kappa shape index (κ1) is 21.8. The molecule has 1 rings (SSSR count). The number of aryl methyl sites for hydroxylation is 1. The molecule has 1 aromatic heterocycles. The van der Waals surface area contributed by atoms with Gasteiger partial charge in [0.1, 0.15) is 5.76 Å². The molecule has 3 nitrogen and oxygen atoms in total. The molecule has 0 saturated heterocycles. The van der Waals surface area contributed by atoms with Gasteiger partial charge in [-0.1, -0.05) is 78.1 Å². The predicted octanol–water partition coefficient (Wildman–Crippen LogP) is 6.75. The Bertz CT molecular complexity index is 437. The van der Waals surface area contributed by atoms with Crippen LogP contribution in [0.4, 0.5) is 0 Å². The van der Waals surface area contributed by atoms with Crippen LogP contribution in [-0.4, -0.2) is 23.9 Å². The standard InChI is InChI=1S/C22H39NO2/c1-4-6-8-10-12-14-18-23(19-15-13-11-9-7-5-2)22(24)21-17-16-20(3)25-21/h16-17H,4-15,18-19H2,1-3H3. The molecule has 0 spiro atoms. The van der Waals surface area contributed by atoms with Gasteiger partial charge in [0.25, 0.3) is 5.91 Å². The molecule has 0 N–H and O–H groups in total. The van der Waals surface area contributed by atoms with Crippen LogP contribution >= 0.6 is 0 Å². The number of carbonyl (C=O) groups is 1. The lowest BCUT2D eigenvalue weighted by Crippen LogP contribution is -2.32. The summed E-state index contributed by atoms with van der Waals surface area (Å²) in [7, 11) is 0. The fraction of sp³-hybridized carbons (Fsp3) is 0.773. The summed E-state index contributed by atoms with van der Waals surface area (Å²) in [6.07, 6.45) is 15.1. The number of rotatable bonds is 15. The van der Waals surface area contributed by atoms with E-state index in [0.29, 0.717) is 5.76 Å². The Balaban J connectivity index is 2.39. The minimum Gasteiger partial charge on any atom is -0.456 e. The van der Waals surface area contributed by atoms with E-state index < -0.39 is 0 Å². The Morgan fingerprint density at radius 3 is 1.72 bits per heavy atom. The molecule has 0 saturated carbocycles. The van der Waals surface area contributed by atoms with E-state index in [4.69, 9.17) is 4.42 Å². The third kappa shape index (κ3) is 9.72. The summed E-state index contributed by atoms with van der Waals surface area (Å²) >= 11 is 0. The van der Waals surface area contributed by atoms with E-state index in [1.54, 1.807) is 0 Å². The molecular formula is C22H39NO2. The summed E-state index contributed by atoms with van der Waals surface area (Å²) in [5, 5.41) is 0. The van der Waals surface area contributed by atoms with Crippen molar-refractivity contribution in [3.05, 3.63) is 23.7 Å². The predicted molar refractivity (Wildman–Crippen MR) is 106 cm³/mol. The molecule has 0 aromatic carbocycles. The molecule has 1 heterocycles. The molecule has 0 aliphatic heterocycles. The van der Waals surface area contributed by atoms with Crippen LogP contribution in [0.1, 0.15) is 107 Å². The molecule has 25 heavy (non-hydrogen) atoms. The largest absolute Gasteiger partial charge is 0.456 e. The molecule has 0 fully saturated rings. The van der Waals surface area contributed by atoms with Crippen LogP contribution in [-0.2, 0) is 0 Å². The maximum absolute atomic E-state index is 12.7. The van der Waals surface area contributed by atoms with Gasteiger partial charge in [0.2, 0.25) is 0 Å². The molecule has 1 amide bonds. The molecule has 0 aliphatic rings. The average molecular weight is 350 g/mol. The summed E-state index contributed by atoms with van der Waals surface area (Å²) in [6.45, 7) is 8.10. The van der Waals surface area contributed by atoms with E-state index in [2.05, 4.69) is 13.8 Å². The summed E-state index contributed by atoms with van der Waals surface area (Å²) in [4.78, 5) is 14.7. The molecule has 0 unspecified atom stereocenters. The smallest absolute Gasteiger partial charge is 0.289 e. The van der Waals surface area contributed by atoms with Crippen LogP contribution in [0.25, 0.3) is 0 Å². The molecule has 3 heteroatoms. The molecule has 1 aromatic rings. The highest BCUT2D eigenvalue weighted by Gasteiger charge is 2.18. The van der Waals surface area contributed by atoms with E-state index in [9.17, 15) is 4.79 Å². The van der Waals surface area contributed by atoms with E-state index >= 15 is 0 Å². The van der Waals surface area contributed by atoms with E-state index in [0.717, 1.165) is 31.7 Å². The minimum absolute atomic E-state index is 0.0650. The number of carbonyl (C=O) groups excluding carboxylic acids is 1. The highest BCUT2D eigenvalue weighted by atomic mass is 16.3. The molecule has 0 bridgehead atoms. The van der Waals surface area contributed by atoms with Crippen LogP contribution in [0.15, 0.2) is 16.5 Å². The lowest BCUT2D eigenvalue weighted by Gasteiger charge is -2.22. The van der Waals surface area contributed by atoms with Gasteiger partial charge in [0.15, 0.2) is 5.76 Å². The second-order valence-corrected chi connectivity index (χ2v) is 7.24.